The van der Waals surface area contributed by atoms with E-state index >= 15 is 0 Å². The lowest BCUT2D eigenvalue weighted by Gasteiger charge is -2.11. The van der Waals surface area contributed by atoms with E-state index in [2.05, 4.69) is 15.9 Å². The SMILES string of the molecule is CCOc1cc(/C=C/[N+](=O)[O-])ccc1OC(=O)c1cccc(Br)c1. The summed E-state index contributed by atoms with van der Waals surface area (Å²) in [4.78, 5) is 22.1. The average Bonchev–Trinajstić information content (AvgIpc) is 2.55. The smallest absolute Gasteiger partial charge is 0.343 e. The Morgan fingerprint density at radius 2 is 2.04 bits per heavy atom. The maximum Gasteiger partial charge on any atom is 0.343 e. The van der Waals surface area contributed by atoms with Crippen LogP contribution in [0.25, 0.3) is 6.08 Å². The second kappa shape index (κ2) is 8.26. The third-order valence-corrected chi connectivity index (χ3v) is 3.41. The number of benzene rings is 2. The third kappa shape index (κ3) is 4.92. The molecule has 0 saturated carbocycles. The Morgan fingerprint density at radius 1 is 1.25 bits per heavy atom. The zero-order chi connectivity index (χ0) is 17.5. The van der Waals surface area contributed by atoms with Crippen molar-refractivity contribution in [1.29, 1.82) is 0 Å². The second-order valence-electron chi connectivity index (χ2n) is 4.64. The maximum absolute atomic E-state index is 12.2. The molecule has 0 fully saturated rings. The molecule has 0 heterocycles. The molecule has 0 aromatic heterocycles. The lowest BCUT2D eigenvalue weighted by Crippen LogP contribution is -2.09. The van der Waals surface area contributed by atoms with Crippen LogP contribution in [-0.4, -0.2) is 17.5 Å². The maximum atomic E-state index is 12.2. The fraction of sp³-hybridized carbons (Fsp3) is 0.118. The molecule has 2 aromatic carbocycles. The summed E-state index contributed by atoms with van der Waals surface area (Å²) in [5.74, 6) is 0.0669. The van der Waals surface area contributed by atoms with Gasteiger partial charge >= 0.3 is 5.97 Å². The average molecular weight is 392 g/mol. The van der Waals surface area contributed by atoms with Gasteiger partial charge in [-0.25, -0.2) is 4.79 Å². The number of esters is 1. The molecule has 0 spiro atoms. The van der Waals surface area contributed by atoms with E-state index in [-0.39, 0.29) is 5.75 Å². The second-order valence-corrected chi connectivity index (χ2v) is 5.56. The molecule has 0 atom stereocenters. The van der Waals surface area contributed by atoms with Crippen LogP contribution >= 0.6 is 15.9 Å². The van der Waals surface area contributed by atoms with Crippen molar-refractivity contribution in [2.75, 3.05) is 6.61 Å². The fourth-order valence-electron chi connectivity index (χ4n) is 1.90. The highest BCUT2D eigenvalue weighted by Gasteiger charge is 2.13. The Morgan fingerprint density at radius 3 is 2.71 bits per heavy atom. The molecule has 124 valence electrons. The lowest BCUT2D eigenvalue weighted by atomic mass is 10.2. The minimum absolute atomic E-state index is 0.250. The van der Waals surface area contributed by atoms with Crippen LogP contribution in [0, 0.1) is 10.1 Å². The van der Waals surface area contributed by atoms with Crippen molar-refractivity contribution in [3.8, 4) is 11.5 Å². The number of hydrogen-bond acceptors (Lipinski definition) is 5. The van der Waals surface area contributed by atoms with Crippen molar-refractivity contribution < 1.29 is 19.2 Å². The van der Waals surface area contributed by atoms with E-state index in [1.54, 1.807) is 49.4 Å². The molecule has 0 saturated heterocycles. The Balaban J connectivity index is 2.25. The first-order valence-electron chi connectivity index (χ1n) is 7.06. The number of nitrogens with zero attached hydrogens (tertiary/aromatic N) is 1. The summed E-state index contributed by atoms with van der Waals surface area (Å²) in [6, 6.07) is 11.5. The zero-order valence-electron chi connectivity index (χ0n) is 12.8. The van der Waals surface area contributed by atoms with Crippen LogP contribution in [0.3, 0.4) is 0 Å². The molecule has 0 aliphatic heterocycles. The minimum atomic E-state index is -0.554. The van der Waals surface area contributed by atoms with Gasteiger partial charge in [-0.3, -0.25) is 10.1 Å². The number of rotatable bonds is 6. The van der Waals surface area contributed by atoms with E-state index in [0.717, 1.165) is 10.7 Å². The first-order valence-corrected chi connectivity index (χ1v) is 7.85. The van der Waals surface area contributed by atoms with Crippen molar-refractivity contribution in [2.45, 2.75) is 6.92 Å². The van der Waals surface area contributed by atoms with Crippen molar-refractivity contribution >= 4 is 28.0 Å². The molecule has 6 nitrogen and oxygen atoms in total. The normalized spacial score (nSPS) is 10.6. The van der Waals surface area contributed by atoms with Crippen LogP contribution in [0.2, 0.25) is 0 Å². The highest BCUT2D eigenvalue weighted by Crippen LogP contribution is 2.30. The van der Waals surface area contributed by atoms with Crippen molar-refractivity contribution in [1.82, 2.24) is 0 Å². The molecule has 0 aliphatic rings. The van der Waals surface area contributed by atoms with E-state index in [9.17, 15) is 14.9 Å². The first kappa shape index (κ1) is 17.7. The van der Waals surface area contributed by atoms with Crippen LogP contribution in [0.5, 0.6) is 11.5 Å². The molecule has 0 aliphatic carbocycles. The molecule has 7 heteroatoms. The number of hydrogen-bond donors (Lipinski definition) is 0. The largest absolute Gasteiger partial charge is 0.490 e. The molecule has 0 N–H and O–H groups in total. The van der Waals surface area contributed by atoms with Gasteiger partial charge in [0.05, 0.1) is 17.1 Å². The topological polar surface area (TPSA) is 78.7 Å². The van der Waals surface area contributed by atoms with Crippen molar-refractivity contribution in [3.05, 3.63) is 74.4 Å². The number of carbonyl (C=O) groups is 1. The molecular weight excluding hydrogens is 378 g/mol. The van der Waals surface area contributed by atoms with Crippen LogP contribution in [-0.2, 0) is 0 Å². The monoisotopic (exact) mass is 391 g/mol. The summed E-state index contributed by atoms with van der Waals surface area (Å²) in [7, 11) is 0. The van der Waals surface area contributed by atoms with E-state index in [1.165, 1.54) is 6.08 Å². The summed E-state index contributed by atoms with van der Waals surface area (Å²) in [5, 5.41) is 10.4. The van der Waals surface area contributed by atoms with Gasteiger partial charge < -0.3 is 9.47 Å². The van der Waals surface area contributed by atoms with E-state index in [0.29, 0.717) is 23.5 Å². The molecule has 2 aromatic rings. The zero-order valence-corrected chi connectivity index (χ0v) is 14.4. The van der Waals surface area contributed by atoms with Crippen molar-refractivity contribution in [2.24, 2.45) is 0 Å². The van der Waals surface area contributed by atoms with Crippen molar-refractivity contribution in [3.63, 3.8) is 0 Å². The standard InChI is InChI=1S/C17H14BrNO5/c1-2-23-16-10-12(8-9-19(21)22)6-7-15(16)24-17(20)13-4-3-5-14(18)11-13/h3-11H,2H2,1H3/b9-8+. The number of nitro groups is 1. The van der Waals surface area contributed by atoms with Gasteiger partial charge in [0.1, 0.15) is 0 Å². The third-order valence-electron chi connectivity index (χ3n) is 2.92. The summed E-state index contributed by atoms with van der Waals surface area (Å²) in [6.07, 6.45) is 2.17. The van der Waals surface area contributed by atoms with Gasteiger partial charge in [0.25, 0.3) is 0 Å². The molecule has 2 rings (SSSR count). The molecular formula is C17H14BrNO5. The Bertz CT molecular complexity index is 788. The molecule has 0 radical (unpaired) electrons. The first-order chi connectivity index (χ1) is 11.5. The van der Waals surface area contributed by atoms with Crippen LogP contribution in [0.4, 0.5) is 0 Å². The highest BCUT2D eigenvalue weighted by molar-refractivity contribution is 9.10. The van der Waals surface area contributed by atoms with Gasteiger partial charge in [0, 0.05) is 10.5 Å². The number of carbonyl (C=O) groups excluding carboxylic acids is 1. The van der Waals surface area contributed by atoms with Gasteiger partial charge in [0.2, 0.25) is 6.20 Å². The number of halogens is 1. The Hall–Kier alpha value is -2.67. The fourth-order valence-corrected chi connectivity index (χ4v) is 2.30. The van der Waals surface area contributed by atoms with E-state index in [4.69, 9.17) is 9.47 Å². The summed E-state index contributed by atoms with van der Waals surface area (Å²) in [6.45, 7) is 2.16. The summed E-state index contributed by atoms with van der Waals surface area (Å²) >= 11 is 3.30. The molecule has 0 bridgehead atoms. The van der Waals surface area contributed by atoms with Gasteiger partial charge in [-0.2, -0.15) is 0 Å². The highest BCUT2D eigenvalue weighted by atomic mass is 79.9. The molecule has 0 amide bonds. The number of ether oxygens (including phenoxy) is 2. The Labute approximate surface area is 147 Å². The van der Waals surface area contributed by atoms with Gasteiger partial charge in [-0.15, -0.1) is 0 Å². The molecule has 0 unspecified atom stereocenters. The minimum Gasteiger partial charge on any atom is -0.490 e. The van der Waals surface area contributed by atoms with E-state index in [1.807, 2.05) is 0 Å². The van der Waals surface area contributed by atoms with Gasteiger partial charge in [0.15, 0.2) is 11.5 Å². The predicted molar refractivity (Wildman–Crippen MR) is 92.7 cm³/mol. The van der Waals surface area contributed by atoms with Crippen LogP contribution in [0.15, 0.2) is 53.1 Å². The van der Waals surface area contributed by atoms with Gasteiger partial charge in [-0.1, -0.05) is 28.1 Å². The predicted octanol–water partition coefficient (Wildman–Crippen LogP) is 4.31. The van der Waals surface area contributed by atoms with Crippen LogP contribution in [0.1, 0.15) is 22.8 Å². The van der Waals surface area contributed by atoms with E-state index < -0.39 is 10.9 Å². The van der Waals surface area contributed by atoms with Gasteiger partial charge in [-0.05, 0) is 42.8 Å². The summed E-state index contributed by atoms with van der Waals surface area (Å²) in [5.41, 5.74) is 0.960. The quantitative estimate of drug-likeness (QED) is 0.317. The Kier molecular flexibility index (Phi) is 6.08. The summed E-state index contributed by atoms with van der Waals surface area (Å²) < 4.78 is 11.6. The lowest BCUT2D eigenvalue weighted by molar-refractivity contribution is -0.400. The molecule has 24 heavy (non-hydrogen) atoms. The van der Waals surface area contributed by atoms with Crippen LogP contribution < -0.4 is 9.47 Å².